The number of anilines is 1. The number of rotatable bonds is 7. The molecule has 2 heterocycles. The molecule has 1 aliphatic heterocycles. The lowest BCUT2D eigenvalue weighted by Gasteiger charge is -2.26. The molecule has 0 saturated carbocycles. The second-order valence-corrected chi connectivity index (χ2v) is 8.21. The summed E-state index contributed by atoms with van der Waals surface area (Å²) in [4.78, 5) is 24.3. The van der Waals surface area contributed by atoms with Crippen molar-refractivity contribution in [1.82, 2.24) is 14.9 Å². The maximum Gasteiger partial charge on any atom is 0.233 e. The van der Waals surface area contributed by atoms with E-state index in [1.54, 1.807) is 14.2 Å². The molecule has 0 radical (unpaired) electrons. The standard InChI is InChI=1S/C23H26N4O3S/c1-24-22-16-7-4-5-8-18(16)25-23(26-22)31-14-21(28)27-12-6-9-19(27)17-13-15(29-2)10-11-20(17)30-3/h4-5,7-8,10-11,13,19H,6,9,12,14H2,1-3H3,(H,24,25,26)/t19-/m0/s1. The second-order valence-electron chi connectivity index (χ2n) is 7.26. The first kappa shape index (κ1) is 21.2. The Balaban J connectivity index is 1.52. The first-order chi connectivity index (χ1) is 15.1. The molecule has 162 valence electrons. The maximum absolute atomic E-state index is 13.1. The first-order valence-corrected chi connectivity index (χ1v) is 11.2. The number of likely N-dealkylation sites (tertiary alicyclic amines) is 1. The molecule has 1 aliphatic rings. The van der Waals surface area contributed by atoms with E-state index >= 15 is 0 Å². The zero-order valence-electron chi connectivity index (χ0n) is 17.9. The third kappa shape index (κ3) is 4.39. The number of aromatic nitrogens is 2. The number of amides is 1. The highest BCUT2D eigenvalue weighted by Gasteiger charge is 2.32. The Morgan fingerprint density at radius 2 is 2.03 bits per heavy atom. The van der Waals surface area contributed by atoms with Crippen LogP contribution in [0.3, 0.4) is 0 Å². The molecule has 31 heavy (non-hydrogen) atoms. The monoisotopic (exact) mass is 438 g/mol. The average Bonchev–Trinajstić information content (AvgIpc) is 3.31. The van der Waals surface area contributed by atoms with Crippen LogP contribution in [0.15, 0.2) is 47.6 Å². The summed E-state index contributed by atoms with van der Waals surface area (Å²) in [5.41, 5.74) is 1.84. The van der Waals surface area contributed by atoms with Gasteiger partial charge in [0.1, 0.15) is 17.3 Å². The molecule has 1 fully saturated rings. The number of nitrogens with zero attached hydrogens (tertiary/aromatic N) is 3. The highest BCUT2D eigenvalue weighted by Crippen LogP contribution is 2.39. The smallest absolute Gasteiger partial charge is 0.233 e. The van der Waals surface area contributed by atoms with E-state index < -0.39 is 0 Å². The van der Waals surface area contributed by atoms with Crippen LogP contribution in [0.2, 0.25) is 0 Å². The zero-order chi connectivity index (χ0) is 21.8. The van der Waals surface area contributed by atoms with Crippen LogP contribution >= 0.6 is 11.8 Å². The first-order valence-electron chi connectivity index (χ1n) is 10.2. The van der Waals surface area contributed by atoms with E-state index in [0.717, 1.165) is 53.2 Å². The van der Waals surface area contributed by atoms with Crippen LogP contribution < -0.4 is 14.8 Å². The third-order valence-corrected chi connectivity index (χ3v) is 6.35. The molecule has 1 aromatic heterocycles. The molecule has 1 amide bonds. The Kier molecular flexibility index (Phi) is 6.46. The number of para-hydroxylation sites is 1. The van der Waals surface area contributed by atoms with Gasteiger partial charge < -0.3 is 19.7 Å². The molecule has 0 unspecified atom stereocenters. The predicted molar refractivity (Wildman–Crippen MR) is 123 cm³/mol. The summed E-state index contributed by atoms with van der Waals surface area (Å²) in [5.74, 6) is 2.65. The van der Waals surface area contributed by atoms with Gasteiger partial charge in [0, 0.05) is 24.5 Å². The van der Waals surface area contributed by atoms with Crippen molar-refractivity contribution in [3.05, 3.63) is 48.0 Å². The summed E-state index contributed by atoms with van der Waals surface area (Å²) in [6.07, 6.45) is 1.86. The Morgan fingerprint density at radius 3 is 2.81 bits per heavy atom. The molecule has 7 nitrogen and oxygen atoms in total. The van der Waals surface area contributed by atoms with Crippen molar-refractivity contribution >= 4 is 34.4 Å². The Labute approximate surface area is 186 Å². The van der Waals surface area contributed by atoms with E-state index in [0.29, 0.717) is 5.16 Å². The number of methoxy groups -OCH3 is 2. The lowest BCUT2D eigenvalue weighted by Crippen LogP contribution is -2.32. The summed E-state index contributed by atoms with van der Waals surface area (Å²) in [7, 11) is 5.13. The van der Waals surface area contributed by atoms with Crippen molar-refractivity contribution in [1.29, 1.82) is 0 Å². The highest BCUT2D eigenvalue weighted by atomic mass is 32.2. The average molecular weight is 439 g/mol. The van der Waals surface area contributed by atoms with Gasteiger partial charge in [0.05, 0.1) is 31.5 Å². The zero-order valence-corrected chi connectivity index (χ0v) is 18.7. The fraction of sp³-hybridized carbons (Fsp3) is 0.348. The predicted octanol–water partition coefficient (Wildman–Crippen LogP) is 4.14. The maximum atomic E-state index is 13.1. The molecule has 0 bridgehead atoms. The molecule has 2 aromatic carbocycles. The van der Waals surface area contributed by atoms with Gasteiger partial charge in [-0.1, -0.05) is 23.9 Å². The topological polar surface area (TPSA) is 76.6 Å². The molecule has 3 aromatic rings. The van der Waals surface area contributed by atoms with E-state index in [2.05, 4.69) is 15.3 Å². The molecule has 8 heteroatoms. The van der Waals surface area contributed by atoms with Crippen LogP contribution in [0.4, 0.5) is 5.82 Å². The van der Waals surface area contributed by atoms with Crippen LogP contribution in [-0.4, -0.2) is 54.3 Å². The third-order valence-electron chi connectivity index (χ3n) is 5.51. The number of ether oxygens (including phenoxy) is 2. The van der Waals surface area contributed by atoms with Crippen molar-refractivity contribution < 1.29 is 14.3 Å². The van der Waals surface area contributed by atoms with Crippen molar-refractivity contribution in [2.75, 3.05) is 38.9 Å². The Morgan fingerprint density at radius 1 is 1.19 bits per heavy atom. The van der Waals surface area contributed by atoms with Gasteiger partial charge in [0.2, 0.25) is 5.91 Å². The normalized spacial score (nSPS) is 15.8. The number of benzene rings is 2. The summed E-state index contributed by atoms with van der Waals surface area (Å²) in [6, 6.07) is 13.6. The minimum absolute atomic E-state index is 0.0245. The van der Waals surface area contributed by atoms with E-state index in [4.69, 9.17) is 9.47 Å². The molecular weight excluding hydrogens is 412 g/mol. The van der Waals surface area contributed by atoms with Gasteiger partial charge in [-0.15, -0.1) is 0 Å². The Hall–Kier alpha value is -3.00. The van der Waals surface area contributed by atoms with Crippen LogP contribution in [0.1, 0.15) is 24.4 Å². The van der Waals surface area contributed by atoms with Gasteiger partial charge in [-0.05, 0) is 43.2 Å². The van der Waals surface area contributed by atoms with Crippen LogP contribution in [0.25, 0.3) is 10.9 Å². The van der Waals surface area contributed by atoms with Crippen LogP contribution in [0.5, 0.6) is 11.5 Å². The number of fused-ring (bicyclic) bond motifs is 1. The highest BCUT2D eigenvalue weighted by molar-refractivity contribution is 7.99. The number of thioether (sulfide) groups is 1. The second kappa shape index (κ2) is 9.43. The molecule has 1 saturated heterocycles. The van der Waals surface area contributed by atoms with Crippen molar-refractivity contribution in [3.63, 3.8) is 0 Å². The van der Waals surface area contributed by atoms with Crippen LogP contribution in [0, 0.1) is 0 Å². The number of carbonyl (C=O) groups is 1. The van der Waals surface area contributed by atoms with Gasteiger partial charge in [0.15, 0.2) is 5.16 Å². The van der Waals surface area contributed by atoms with E-state index in [-0.39, 0.29) is 17.7 Å². The van der Waals surface area contributed by atoms with Gasteiger partial charge >= 0.3 is 0 Å². The summed E-state index contributed by atoms with van der Waals surface area (Å²) in [5, 5.41) is 4.67. The lowest BCUT2D eigenvalue weighted by atomic mass is 10.0. The van der Waals surface area contributed by atoms with E-state index in [9.17, 15) is 4.79 Å². The summed E-state index contributed by atoms with van der Waals surface area (Å²) in [6.45, 7) is 0.727. The molecular formula is C23H26N4O3S. The SMILES string of the molecule is CNc1nc(SCC(=O)N2CCC[C@H]2c2cc(OC)ccc2OC)nc2ccccc12. The number of hydrogen-bond acceptors (Lipinski definition) is 7. The van der Waals surface area contributed by atoms with E-state index in [1.807, 2.05) is 54.4 Å². The van der Waals surface area contributed by atoms with Gasteiger partial charge in [-0.25, -0.2) is 9.97 Å². The van der Waals surface area contributed by atoms with Crippen LogP contribution in [-0.2, 0) is 4.79 Å². The molecule has 1 N–H and O–H groups in total. The number of hydrogen-bond donors (Lipinski definition) is 1. The minimum atomic E-state index is -0.0245. The van der Waals surface area contributed by atoms with Crippen molar-refractivity contribution in [3.8, 4) is 11.5 Å². The fourth-order valence-corrected chi connectivity index (χ4v) is 4.75. The largest absolute Gasteiger partial charge is 0.497 e. The fourth-order valence-electron chi connectivity index (χ4n) is 4.01. The molecule has 4 rings (SSSR count). The summed E-state index contributed by atoms with van der Waals surface area (Å²) < 4.78 is 10.9. The van der Waals surface area contributed by atoms with Gasteiger partial charge in [0.25, 0.3) is 0 Å². The molecule has 1 atom stereocenters. The van der Waals surface area contributed by atoms with Gasteiger partial charge in [-0.2, -0.15) is 0 Å². The van der Waals surface area contributed by atoms with Gasteiger partial charge in [-0.3, -0.25) is 4.79 Å². The summed E-state index contributed by atoms with van der Waals surface area (Å²) >= 11 is 1.37. The Bertz CT molecular complexity index is 1090. The molecule has 0 spiro atoms. The van der Waals surface area contributed by atoms with Crippen molar-refractivity contribution in [2.45, 2.75) is 24.0 Å². The number of carbonyl (C=O) groups excluding carboxylic acids is 1. The lowest BCUT2D eigenvalue weighted by molar-refractivity contribution is -0.129. The quantitative estimate of drug-likeness (QED) is 0.439. The van der Waals surface area contributed by atoms with Crippen molar-refractivity contribution in [2.24, 2.45) is 0 Å². The number of nitrogens with one attached hydrogen (secondary N) is 1. The van der Waals surface area contributed by atoms with E-state index in [1.165, 1.54) is 11.8 Å². The minimum Gasteiger partial charge on any atom is -0.497 e. The molecule has 0 aliphatic carbocycles.